The normalized spacial score (nSPS) is 18.2. The Labute approximate surface area is 128 Å². The van der Waals surface area contributed by atoms with Crippen molar-refractivity contribution in [1.29, 1.82) is 0 Å². The molecule has 1 aliphatic carbocycles. The zero-order chi connectivity index (χ0) is 15.7. The number of hydrogen-bond donors (Lipinski definition) is 0. The van der Waals surface area contributed by atoms with E-state index >= 15 is 0 Å². The predicted molar refractivity (Wildman–Crippen MR) is 79.4 cm³/mol. The molecule has 2 aliphatic rings. The predicted octanol–water partition coefficient (Wildman–Crippen LogP) is 1.92. The van der Waals surface area contributed by atoms with E-state index in [-0.39, 0.29) is 30.2 Å². The van der Waals surface area contributed by atoms with Gasteiger partial charge in [-0.15, -0.1) is 0 Å². The van der Waals surface area contributed by atoms with Crippen molar-refractivity contribution in [3.63, 3.8) is 0 Å². The first-order chi connectivity index (χ1) is 10.6. The first kappa shape index (κ1) is 14.7. The molecule has 22 heavy (non-hydrogen) atoms. The van der Waals surface area contributed by atoms with E-state index in [4.69, 9.17) is 0 Å². The highest BCUT2D eigenvalue weighted by Crippen LogP contribution is 2.29. The van der Waals surface area contributed by atoms with Gasteiger partial charge in [-0.05, 0) is 18.9 Å². The van der Waals surface area contributed by atoms with Gasteiger partial charge in [0, 0.05) is 38.0 Å². The van der Waals surface area contributed by atoms with Gasteiger partial charge in [-0.2, -0.15) is 5.10 Å². The number of nitrogens with zero attached hydrogens (tertiary/aromatic N) is 3. The van der Waals surface area contributed by atoms with Crippen LogP contribution in [0.1, 0.15) is 31.2 Å². The van der Waals surface area contributed by atoms with Crippen molar-refractivity contribution >= 4 is 17.5 Å². The van der Waals surface area contributed by atoms with E-state index < -0.39 is 0 Å². The molecule has 0 saturated heterocycles. The summed E-state index contributed by atoms with van der Waals surface area (Å²) in [6, 6.07) is 6.64. The van der Waals surface area contributed by atoms with Gasteiger partial charge in [0.2, 0.25) is 5.91 Å². The van der Waals surface area contributed by atoms with Crippen molar-refractivity contribution in [2.24, 2.45) is 5.10 Å². The lowest BCUT2D eigenvalue weighted by atomic mass is 10.1. The van der Waals surface area contributed by atoms with Crippen LogP contribution in [-0.4, -0.2) is 40.5 Å². The number of carbonyl (C=O) groups excluding carboxylic acids is 2. The molecule has 0 bridgehead atoms. The quantitative estimate of drug-likeness (QED) is 0.853. The molecule has 0 radical (unpaired) electrons. The number of carbonyl (C=O) groups is 2. The number of hydrazone groups is 1. The average molecular weight is 303 g/mol. The van der Waals surface area contributed by atoms with Gasteiger partial charge in [-0.3, -0.25) is 9.59 Å². The van der Waals surface area contributed by atoms with Crippen molar-refractivity contribution in [3.05, 3.63) is 35.6 Å². The van der Waals surface area contributed by atoms with E-state index in [0.717, 1.165) is 12.8 Å². The molecule has 1 aliphatic heterocycles. The molecule has 0 spiro atoms. The molecule has 0 atom stereocenters. The van der Waals surface area contributed by atoms with Crippen molar-refractivity contribution < 1.29 is 14.0 Å². The van der Waals surface area contributed by atoms with Crippen molar-refractivity contribution in [2.45, 2.75) is 38.3 Å². The van der Waals surface area contributed by atoms with Gasteiger partial charge in [-0.25, -0.2) is 9.40 Å². The van der Waals surface area contributed by atoms with E-state index in [0.29, 0.717) is 24.1 Å². The summed E-state index contributed by atoms with van der Waals surface area (Å²) >= 11 is 0. The summed E-state index contributed by atoms with van der Waals surface area (Å²) in [4.78, 5) is 25.8. The highest BCUT2D eigenvalue weighted by Gasteiger charge is 2.36. The Morgan fingerprint density at radius 1 is 1.36 bits per heavy atom. The topological polar surface area (TPSA) is 53.0 Å². The van der Waals surface area contributed by atoms with Crippen LogP contribution in [0.5, 0.6) is 0 Å². The lowest BCUT2D eigenvalue weighted by Crippen LogP contribution is -2.41. The van der Waals surface area contributed by atoms with Crippen LogP contribution >= 0.6 is 0 Å². The minimum absolute atomic E-state index is 0.0939. The van der Waals surface area contributed by atoms with E-state index in [9.17, 15) is 14.0 Å². The number of amides is 2. The molecule has 1 aromatic carbocycles. The summed E-state index contributed by atoms with van der Waals surface area (Å²) in [5.74, 6) is -0.590. The van der Waals surface area contributed by atoms with E-state index in [1.165, 1.54) is 11.1 Å². The third-order valence-corrected chi connectivity index (χ3v) is 4.00. The van der Waals surface area contributed by atoms with Crippen molar-refractivity contribution in [3.8, 4) is 0 Å². The summed E-state index contributed by atoms with van der Waals surface area (Å²) in [6.45, 7) is 0.243. The Morgan fingerprint density at radius 3 is 2.73 bits per heavy atom. The monoisotopic (exact) mass is 303 g/mol. The maximum atomic E-state index is 13.8. The average Bonchev–Trinajstić information content (AvgIpc) is 3.33. The van der Waals surface area contributed by atoms with Crippen molar-refractivity contribution in [2.75, 3.05) is 7.05 Å². The Balaban J connectivity index is 1.80. The highest BCUT2D eigenvalue weighted by molar-refractivity contribution is 6.39. The third kappa shape index (κ3) is 3.00. The lowest BCUT2D eigenvalue weighted by Gasteiger charge is -2.26. The summed E-state index contributed by atoms with van der Waals surface area (Å²) in [7, 11) is 1.55. The summed E-state index contributed by atoms with van der Waals surface area (Å²) < 4.78 is 13.8. The minimum Gasteiger partial charge on any atom is -0.330 e. The number of benzene rings is 1. The third-order valence-electron chi connectivity index (χ3n) is 4.00. The van der Waals surface area contributed by atoms with Crippen LogP contribution in [0.4, 0.5) is 4.39 Å². The summed E-state index contributed by atoms with van der Waals surface area (Å²) in [6.07, 6.45) is 2.51. The molecule has 3 rings (SSSR count). The van der Waals surface area contributed by atoms with Gasteiger partial charge in [0.25, 0.3) is 5.91 Å². The fourth-order valence-corrected chi connectivity index (χ4v) is 2.55. The Hall–Kier alpha value is -2.24. The number of rotatable bonds is 4. The first-order valence-corrected chi connectivity index (χ1v) is 7.44. The summed E-state index contributed by atoms with van der Waals surface area (Å²) in [5.41, 5.74) is 0.883. The van der Waals surface area contributed by atoms with Crippen LogP contribution in [0.15, 0.2) is 29.4 Å². The van der Waals surface area contributed by atoms with Crippen LogP contribution in [0.25, 0.3) is 0 Å². The molecule has 2 amide bonds. The summed E-state index contributed by atoms with van der Waals surface area (Å²) in [5, 5.41) is 5.29. The molecule has 0 N–H and O–H groups in total. The maximum absolute atomic E-state index is 13.8. The fourth-order valence-electron chi connectivity index (χ4n) is 2.55. The molecule has 1 heterocycles. The van der Waals surface area contributed by atoms with Gasteiger partial charge in [0.1, 0.15) is 11.5 Å². The Kier molecular flexibility index (Phi) is 3.92. The smallest absolute Gasteiger partial charge is 0.270 e. The Morgan fingerprint density at radius 2 is 2.09 bits per heavy atom. The molecule has 0 unspecified atom stereocenters. The van der Waals surface area contributed by atoms with Gasteiger partial charge in [-0.1, -0.05) is 18.2 Å². The molecular formula is C16H18FN3O2. The van der Waals surface area contributed by atoms with Crippen molar-refractivity contribution in [1.82, 2.24) is 9.91 Å². The van der Waals surface area contributed by atoms with E-state index in [1.54, 1.807) is 30.1 Å². The standard InChI is InChI=1S/C16H18FN3O2/c1-19-15(21)9-8-14(18-19)16(22)20(12-6-7-12)10-11-4-2-3-5-13(11)17/h2-5,12H,6-10H2,1H3. The largest absolute Gasteiger partial charge is 0.330 e. The molecule has 116 valence electrons. The second kappa shape index (κ2) is 5.87. The van der Waals surface area contributed by atoms with Gasteiger partial charge in [0.15, 0.2) is 0 Å². The molecule has 1 fully saturated rings. The minimum atomic E-state index is -0.307. The second-order valence-corrected chi connectivity index (χ2v) is 5.72. The van der Waals surface area contributed by atoms with Crippen LogP contribution in [-0.2, 0) is 16.1 Å². The lowest BCUT2D eigenvalue weighted by molar-refractivity contribution is -0.130. The number of hydrogen-bond acceptors (Lipinski definition) is 3. The zero-order valence-electron chi connectivity index (χ0n) is 12.5. The molecule has 1 saturated carbocycles. The number of halogens is 1. The molecule has 6 heteroatoms. The SMILES string of the molecule is CN1N=C(C(=O)N(Cc2ccccc2F)C2CC2)CCC1=O. The van der Waals surface area contributed by atoms with Crippen LogP contribution in [0.3, 0.4) is 0 Å². The van der Waals surface area contributed by atoms with E-state index in [1.807, 2.05) is 0 Å². The Bertz CT molecular complexity index is 640. The van der Waals surface area contributed by atoms with E-state index in [2.05, 4.69) is 5.10 Å². The molecule has 5 nitrogen and oxygen atoms in total. The highest BCUT2D eigenvalue weighted by atomic mass is 19.1. The first-order valence-electron chi connectivity index (χ1n) is 7.44. The van der Waals surface area contributed by atoms with Gasteiger partial charge in [0.05, 0.1) is 0 Å². The maximum Gasteiger partial charge on any atom is 0.270 e. The fraction of sp³-hybridized carbons (Fsp3) is 0.438. The molecule has 0 aromatic heterocycles. The van der Waals surface area contributed by atoms with Gasteiger partial charge < -0.3 is 4.90 Å². The second-order valence-electron chi connectivity index (χ2n) is 5.72. The molecular weight excluding hydrogens is 285 g/mol. The van der Waals surface area contributed by atoms with Crippen LogP contribution < -0.4 is 0 Å². The van der Waals surface area contributed by atoms with Crippen LogP contribution in [0.2, 0.25) is 0 Å². The molecule has 1 aromatic rings. The van der Waals surface area contributed by atoms with Gasteiger partial charge >= 0.3 is 0 Å². The zero-order valence-corrected chi connectivity index (χ0v) is 12.5. The van der Waals surface area contributed by atoms with Crippen LogP contribution in [0, 0.1) is 5.82 Å².